The van der Waals surface area contributed by atoms with Crippen LogP contribution in [0.5, 0.6) is 0 Å². The molecule has 1 N–H and O–H groups in total. The molecule has 0 spiro atoms. The van der Waals surface area contributed by atoms with E-state index in [0.717, 1.165) is 19.4 Å². The van der Waals surface area contributed by atoms with Gasteiger partial charge in [0, 0.05) is 12.5 Å². The molecule has 0 saturated carbocycles. The molecular weight excluding hydrogens is 176 g/mol. The van der Waals surface area contributed by atoms with Crippen LogP contribution in [0.4, 0.5) is 0 Å². The molecule has 1 heterocycles. The van der Waals surface area contributed by atoms with Crippen LogP contribution in [0.25, 0.3) is 0 Å². The molecule has 0 aromatic rings. The van der Waals surface area contributed by atoms with E-state index in [1.807, 2.05) is 0 Å². The summed E-state index contributed by atoms with van der Waals surface area (Å²) < 4.78 is 0. The summed E-state index contributed by atoms with van der Waals surface area (Å²) in [5.74, 6) is 0.301. The second-order valence-corrected chi connectivity index (χ2v) is 4.34. The second-order valence-electron chi connectivity index (χ2n) is 4.34. The molecule has 0 aromatic carbocycles. The number of hydrogen-bond acceptors (Lipinski definition) is 3. The molecule has 3 heteroatoms. The zero-order chi connectivity index (χ0) is 10.4. The van der Waals surface area contributed by atoms with Crippen molar-refractivity contribution in [3.63, 3.8) is 0 Å². The Hall–Kier alpha value is -0.410. The van der Waals surface area contributed by atoms with Crippen molar-refractivity contribution in [1.82, 2.24) is 10.2 Å². The molecule has 82 valence electrons. The first-order valence-corrected chi connectivity index (χ1v) is 5.60. The molecule has 1 saturated heterocycles. The van der Waals surface area contributed by atoms with Gasteiger partial charge in [0.25, 0.3) is 0 Å². The van der Waals surface area contributed by atoms with Gasteiger partial charge in [0.15, 0.2) is 0 Å². The third-order valence-corrected chi connectivity index (χ3v) is 2.86. The standard InChI is InChI=1S/C11H22N2O/c1-10(14)4-3-7-12-11-5-8-13(2)9-6-11/h11-12H,3-9H2,1-2H3. The maximum absolute atomic E-state index is 10.7. The third kappa shape index (κ3) is 4.72. The van der Waals surface area contributed by atoms with Crippen molar-refractivity contribution < 1.29 is 4.79 Å². The first-order valence-electron chi connectivity index (χ1n) is 5.60. The Balaban J connectivity index is 1.99. The lowest BCUT2D eigenvalue weighted by Crippen LogP contribution is -2.41. The van der Waals surface area contributed by atoms with Gasteiger partial charge in [-0.05, 0) is 52.9 Å². The third-order valence-electron chi connectivity index (χ3n) is 2.86. The number of hydrogen-bond donors (Lipinski definition) is 1. The Kier molecular flexibility index (Phi) is 5.12. The van der Waals surface area contributed by atoms with E-state index in [2.05, 4.69) is 17.3 Å². The van der Waals surface area contributed by atoms with E-state index in [1.165, 1.54) is 25.9 Å². The fraction of sp³-hybridized carbons (Fsp3) is 0.909. The van der Waals surface area contributed by atoms with Gasteiger partial charge < -0.3 is 15.0 Å². The van der Waals surface area contributed by atoms with Crippen LogP contribution in [0.2, 0.25) is 0 Å². The topological polar surface area (TPSA) is 32.3 Å². The average molecular weight is 198 g/mol. The van der Waals surface area contributed by atoms with Gasteiger partial charge in [-0.3, -0.25) is 0 Å². The molecule has 1 aliphatic heterocycles. The highest BCUT2D eigenvalue weighted by Gasteiger charge is 2.15. The van der Waals surface area contributed by atoms with E-state index >= 15 is 0 Å². The van der Waals surface area contributed by atoms with E-state index in [9.17, 15) is 4.79 Å². The fourth-order valence-electron chi connectivity index (χ4n) is 1.86. The fourth-order valence-corrected chi connectivity index (χ4v) is 1.86. The van der Waals surface area contributed by atoms with E-state index < -0.39 is 0 Å². The molecule has 0 aliphatic carbocycles. The smallest absolute Gasteiger partial charge is 0.129 e. The predicted octanol–water partition coefficient (Wildman–Crippen LogP) is 1.04. The summed E-state index contributed by atoms with van der Waals surface area (Å²) in [5, 5.41) is 3.52. The molecule has 3 nitrogen and oxygen atoms in total. The number of nitrogens with zero attached hydrogens (tertiary/aromatic N) is 1. The zero-order valence-corrected chi connectivity index (χ0v) is 9.38. The molecule has 1 rings (SSSR count). The van der Waals surface area contributed by atoms with Crippen LogP contribution >= 0.6 is 0 Å². The number of nitrogens with one attached hydrogen (secondary N) is 1. The van der Waals surface area contributed by atoms with Crippen molar-refractivity contribution in [1.29, 1.82) is 0 Å². The minimum Gasteiger partial charge on any atom is -0.314 e. The maximum Gasteiger partial charge on any atom is 0.129 e. The van der Waals surface area contributed by atoms with Crippen molar-refractivity contribution in [3.05, 3.63) is 0 Å². The lowest BCUT2D eigenvalue weighted by molar-refractivity contribution is -0.117. The summed E-state index contributed by atoms with van der Waals surface area (Å²) in [7, 11) is 2.17. The number of carbonyl (C=O) groups excluding carboxylic acids is 1. The predicted molar refractivity (Wildman–Crippen MR) is 58.4 cm³/mol. The molecule has 14 heavy (non-hydrogen) atoms. The van der Waals surface area contributed by atoms with Crippen molar-refractivity contribution in [3.8, 4) is 0 Å². The number of rotatable bonds is 5. The Morgan fingerprint density at radius 3 is 2.64 bits per heavy atom. The minimum absolute atomic E-state index is 0.301. The van der Waals surface area contributed by atoms with Crippen LogP contribution in [-0.2, 0) is 4.79 Å². The number of carbonyl (C=O) groups is 1. The van der Waals surface area contributed by atoms with Crippen LogP contribution < -0.4 is 5.32 Å². The molecule has 0 bridgehead atoms. The molecule has 0 atom stereocenters. The summed E-state index contributed by atoms with van der Waals surface area (Å²) >= 11 is 0. The Morgan fingerprint density at radius 2 is 2.07 bits per heavy atom. The highest BCUT2D eigenvalue weighted by molar-refractivity contribution is 5.75. The lowest BCUT2D eigenvalue weighted by Gasteiger charge is -2.29. The van der Waals surface area contributed by atoms with Crippen LogP contribution in [-0.4, -0.2) is 43.4 Å². The normalized spacial score (nSPS) is 19.9. The Labute approximate surface area is 86.9 Å². The highest BCUT2D eigenvalue weighted by atomic mass is 16.1. The summed E-state index contributed by atoms with van der Waals surface area (Å²) in [6.45, 7) is 5.05. The molecule has 0 aromatic heterocycles. The van der Waals surface area contributed by atoms with Gasteiger partial charge in [-0.15, -0.1) is 0 Å². The molecule has 0 unspecified atom stereocenters. The van der Waals surface area contributed by atoms with Crippen molar-refractivity contribution in [2.45, 2.75) is 38.6 Å². The summed E-state index contributed by atoms with van der Waals surface area (Å²) in [4.78, 5) is 13.1. The van der Waals surface area contributed by atoms with Gasteiger partial charge in [-0.2, -0.15) is 0 Å². The first kappa shape index (κ1) is 11.7. The lowest BCUT2D eigenvalue weighted by atomic mass is 10.1. The summed E-state index contributed by atoms with van der Waals surface area (Å²) in [6.07, 6.45) is 4.20. The quantitative estimate of drug-likeness (QED) is 0.670. The molecular formula is C11H22N2O. The van der Waals surface area contributed by atoms with E-state index in [-0.39, 0.29) is 0 Å². The van der Waals surface area contributed by atoms with E-state index in [0.29, 0.717) is 11.8 Å². The zero-order valence-electron chi connectivity index (χ0n) is 9.38. The van der Waals surface area contributed by atoms with Crippen molar-refractivity contribution in [2.75, 3.05) is 26.7 Å². The molecule has 0 amide bonds. The number of ketones is 1. The van der Waals surface area contributed by atoms with Gasteiger partial charge >= 0.3 is 0 Å². The monoisotopic (exact) mass is 198 g/mol. The van der Waals surface area contributed by atoms with Gasteiger partial charge in [0.1, 0.15) is 5.78 Å². The molecule has 0 radical (unpaired) electrons. The van der Waals surface area contributed by atoms with Crippen LogP contribution in [0, 0.1) is 0 Å². The summed E-state index contributed by atoms with van der Waals surface area (Å²) in [6, 6.07) is 0.679. The average Bonchev–Trinajstić information content (AvgIpc) is 2.15. The SMILES string of the molecule is CC(=O)CCCNC1CCN(C)CC1. The van der Waals surface area contributed by atoms with Crippen LogP contribution in [0.15, 0.2) is 0 Å². The van der Waals surface area contributed by atoms with E-state index in [1.54, 1.807) is 6.92 Å². The van der Waals surface area contributed by atoms with Gasteiger partial charge in [0.2, 0.25) is 0 Å². The van der Waals surface area contributed by atoms with Crippen LogP contribution in [0.1, 0.15) is 32.6 Å². The van der Waals surface area contributed by atoms with Crippen molar-refractivity contribution in [2.24, 2.45) is 0 Å². The van der Waals surface area contributed by atoms with Gasteiger partial charge in [-0.1, -0.05) is 0 Å². The number of piperidine rings is 1. The Morgan fingerprint density at radius 1 is 1.43 bits per heavy atom. The molecule has 1 aliphatic rings. The van der Waals surface area contributed by atoms with Crippen molar-refractivity contribution >= 4 is 5.78 Å². The van der Waals surface area contributed by atoms with Gasteiger partial charge in [0.05, 0.1) is 0 Å². The Bertz CT molecular complexity index is 174. The first-order chi connectivity index (χ1) is 6.68. The van der Waals surface area contributed by atoms with Gasteiger partial charge in [-0.25, -0.2) is 0 Å². The number of likely N-dealkylation sites (tertiary alicyclic amines) is 1. The second kappa shape index (κ2) is 6.14. The summed E-state index contributed by atoms with van der Waals surface area (Å²) in [5.41, 5.74) is 0. The van der Waals surface area contributed by atoms with E-state index in [4.69, 9.17) is 0 Å². The number of Topliss-reactive ketones (excluding diaryl/α,β-unsaturated/α-hetero) is 1. The minimum atomic E-state index is 0.301. The highest BCUT2D eigenvalue weighted by Crippen LogP contribution is 2.07. The maximum atomic E-state index is 10.7. The van der Waals surface area contributed by atoms with Crippen LogP contribution in [0.3, 0.4) is 0 Å². The largest absolute Gasteiger partial charge is 0.314 e. The molecule has 1 fully saturated rings.